The number of ether oxygens (including phenoxy) is 1. The first kappa shape index (κ1) is 15.0. The van der Waals surface area contributed by atoms with Crippen molar-refractivity contribution in [2.75, 3.05) is 20.3 Å². The minimum atomic E-state index is -0.0861. The first-order valence-electron chi connectivity index (χ1n) is 7.24. The van der Waals surface area contributed by atoms with E-state index in [1.54, 1.807) is 7.11 Å². The van der Waals surface area contributed by atoms with E-state index in [1.807, 2.05) is 23.1 Å². The van der Waals surface area contributed by atoms with Crippen LogP contribution in [0.2, 0.25) is 0 Å². The maximum Gasteiger partial charge on any atom is 0.241 e. The van der Waals surface area contributed by atoms with Gasteiger partial charge in [0.05, 0.1) is 12.6 Å². The molecule has 1 aromatic carbocycles. The summed E-state index contributed by atoms with van der Waals surface area (Å²) in [5.41, 5.74) is 1.13. The summed E-state index contributed by atoms with van der Waals surface area (Å²) in [7, 11) is 1.66. The number of benzene rings is 1. The molecule has 4 heteroatoms. The Morgan fingerprint density at radius 3 is 2.60 bits per heavy atom. The Balaban J connectivity index is 2.17. The predicted octanol–water partition coefficient (Wildman–Crippen LogP) is 2.18. The molecule has 0 aromatic heterocycles. The van der Waals surface area contributed by atoms with Crippen LogP contribution in [0.3, 0.4) is 0 Å². The van der Waals surface area contributed by atoms with Crippen molar-refractivity contribution in [1.29, 1.82) is 0 Å². The van der Waals surface area contributed by atoms with Crippen LogP contribution in [0.15, 0.2) is 30.3 Å². The van der Waals surface area contributed by atoms with Crippen LogP contribution in [-0.2, 0) is 9.53 Å². The van der Waals surface area contributed by atoms with E-state index >= 15 is 0 Å². The summed E-state index contributed by atoms with van der Waals surface area (Å²) in [4.78, 5) is 14.4. The van der Waals surface area contributed by atoms with Gasteiger partial charge < -0.3 is 9.64 Å². The molecule has 0 aliphatic carbocycles. The minimum Gasteiger partial charge on any atom is -0.383 e. The number of methoxy groups -OCH3 is 1. The van der Waals surface area contributed by atoms with Gasteiger partial charge in [-0.3, -0.25) is 10.1 Å². The maximum atomic E-state index is 12.5. The predicted molar refractivity (Wildman–Crippen MR) is 79.2 cm³/mol. The standard InChI is InChI=1S/C16H24N2O2/c1-12(2)11-14-16(19)18(9-10-20-3)15(17-14)13-7-5-4-6-8-13/h4-8,12,14-15,17H,9-11H2,1-3H3. The van der Waals surface area contributed by atoms with Gasteiger partial charge in [-0.1, -0.05) is 44.2 Å². The Morgan fingerprint density at radius 2 is 2.00 bits per heavy atom. The molecule has 2 rings (SSSR count). The number of carbonyl (C=O) groups excluding carboxylic acids is 1. The molecule has 1 fully saturated rings. The van der Waals surface area contributed by atoms with Crippen LogP contribution in [-0.4, -0.2) is 37.1 Å². The second-order valence-corrected chi connectivity index (χ2v) is 5.69. The number of hydrogen-bond donors (Lipinski definition) is 1. The highest BCUT2D eigenvalue weighted by molar-refractivity contribution is 5.84. The van der Waals surface area contributed by atoms with Crippen LogP contribution in [0.25, 0.3) is 0 Å². The quantitative estimate of drug-likeness (QED) is 0.866. The molecule has 1 heterocycles. The Kier molecular flexibility index (Phi) is 5.15. The summed E-state index contributed by atoms with van der Waals surface area (Å²) in [5, 5.41) is 3.47. The van der Waals surface area contributed by atoms with Gasteiger partial charge in [0.1, 0.15) is 6.17 Å². The van der Waals surface area contributed by atoms with Gasteiger partial charge in [-0.25, -0.2) is 0 Å². The van der Waals surface area contributed by atoms with Gasteiger partial charge in [0.25, 0.3) is 0 Å². The molecule has 1 aliphatic heterocycles. The average molecular weight is 276 g/mol. The first-order chi connectivity index (χ1) is 9.63. The average Bonchev–Trinajstić information content (AvgIpc) is 2.74. The lowest BCUT2D eigenvalue weighted by molar-refractivity contribution is -0.131. The molecule has 0 saturated carbocycles. The fraction of sp³-hybridized carbons (Fsp3) is 0.562. The molecule has 0 radical (unpaired) electrons. The zero-order valence-corrected chi connectivity index (χ0v) is 12.5. The fourth-order valence-electron chi connectivity index (χ4n) is 2.66. The zero-order chi connectivity index (χ0) is 14.5. The molecule has 1 aromatic rings. The summed E-state index contributed by atoms with van der Waals surface area (Å²) in [6.45, 7) is 5.47. The van der Waals surface area contributed by atoms with Gasteiger partial charge in [-0.15, -0.1) is 0 Å². The maximum absolute atomic E-state index is 12.5. The Labute approximate surface area is 121 Å². The van der Waals surface area contributed by atoms with Crippen molar-refractivity contribution in [2.45, 2.75) is 32.5 Å². The second kappa shape index (κ2) is 6.86. The number of carbonyl (C=O) groups is 1. The molecule has 0 bridgehead atoms. The first-order valence-corrected chi connectivity index (χ1v) is 7.24. The number of hydrogen-bond acceptors (Lipinski definition) is 3. The molecule has 110 valence electrons. The van der Waals surface area contributed by atoms with E-state index in [-0.39, 0.29) is 18.1 Å². The molecule has 1 aliphatic rings. The lowest BCUT2D eigenvalue weighted by atomic mass is 10.0. The number of rotatable bonds is 6. The molecule has 4 nitrogen and oxygen atoms in total. The van der Waals surface area contributed by atoms with Gasteiger partial charge in [-0.05, 0) is 17.9 Å². The molecular weight excluding hydrogens is 252 g/mol. The van der Waals surface area contributed by atoms with Crippen molar-refractivity contribution < 1.29 is 9.53 Å². The third kappa shape index (κ3) is 3.38. The lowest BCUT2D eigenvalue weighted by Gasteiger charge is -2.24. The van der Waals surface area contributed by atoms with Crippen molar-refractivity contribution in [3.8, 4) is 0 Å². The summed E-state index contributed by atoms with van der Waals surface area (Å²) < 4.78 is 5.13. The number of amides is 1. The van der Waals surface area contributed by atoms with Gasteiger partial charge in [-0.2, -0.15) is 0 Å². The van der Waals surface area contributed by atoms with Crippen LogP contribution in [0.5, 0.6) is 0 Å². The summed E-state index contributed by atoms with van der Waals surface area (Å²) >= 11 is 0. The van der Waals surface area contributed by atoms with Gasteiger partial charge in [0, 0.05) is 13.7 Å². The van der Waals surface area contributed by atoms with E-state index in [4.69, 9.17) is 4.74 Å². The summed E-state index contributed by atoms with van der Waals surface area (Å²) in [6.07, 6.45) is 0.827. The van der Waals surface area contributed by atoms with E-state index in [0.717, 1.165) is 12.0 Å². The second-order valence-electron chi connectivity index (χ2n) is 5.69. The van der Waals surface area contributed by atoms with Crippen molar-refractivity contribution >= 4 is 5.91 Å². The molecule has 20 heavy (non-hydrogen) atoms. The van der Waals surface area contributed by atoms with Gasteiger partial charge in [0.15, 0.2) is 0 Å². The van der Waals surface area contributed by atoms with Crippen molar-refractivity contribution in [2.24, 2.45) is 5.92 Å². The summed E-state index contributed by atoms with van der Waals surface area (Å²) in [5.74, 6) is 0.680. The molecule has 1 saturated heterocycles. The van der Waals surface area contributed by atoms with E-state index in [9.17, 15) is 4.79 Å². The fourth-order valence-corrected chi connectivity index (χ4v) is 2.66. The number of nitrogens with one attached hydrogen (secondary N) is 1. The van der Waals surface area contributed by atoms with Crippen LogP contribution < -0.4 is 5.32 Å². The summed E-state index contributed by atoms with van der Waals surface area (Å²) in [6, 6.07) is 10.0. The minimum absolute atomic E-state index is 0.0393. The van der Waals surface area contributed by atoms with Gasteiger partial charge >= 0.3 is 0 Å². The smallest absolute Gasteiger partial charge is 0.241 e. The third-order valence-corrected chi connectivity index (χ3v) is 3.61. The largest absolute Gasteiger partial charge is 0.383 e. The SMILES string of the molecule is COCCN1C(=O)C(CC(C)C)NC1c1ccccc1. The monoisotopic (exact) mass is 276 g/mol. The van der Waals surface area contributed by atoms with Crippen LogP contribution in [0.4, 0.5) is 0 Å². The zero-order valence-electron chi connectivity index (χ0n) is 12.5. The normalized spacial score (nSPS) is 22.8. The number of nitrogens with zero attached hydrogens (tertiary/aromatic N) is 1. The lowest BCUT2D eigenvalue weighted by Crippen LogP contribution is -2.34. The van der Waals surface area contributed by atoms with E-state index in [0.29, 0.717) is 19.1 Å². The molecule has 0 spiro atoms. The highest BCUT2D eigenvalue weighted by Gasteiger charge is 2.39. The third-order valence-electron chi connectivity index (χ3n) is 3.61. The van der Waals surface area contributed by atoms with Crippen molar-refractivity contribution in [3.63, 3.8) is 0 Å². The van der Waals surface area contributed by atoms with Crippen LogP contribution >= 0.6 is 0 Å². The van der Waals surface area contributed by atoms with Crippen molar-refractivity contribution in [1.82, 2.24) is 10.2 Å². The molecular formula is C16H24N2O2. The van der Waals surface area contributed by atoms with E-state index < -0.39 is 0 Å². The van der Waals surface area contributed by atoms with Gasteiger partial charge in [0.2, 0.25) is 5.91 Å². The highest BCUT2D eigenvalue weighted by Crippen LogP contribution is 2.27. The highest BCUT2D eigenvalue weighted by atomic mass is 16.5. The Hall–Kier alpha value is -1.39. The molecule has 2 atom stereocenters. The Bertz CT molecular complexity index is 433. The topological polar surface area (TPSA) is 41.6 Å². The molecule has 1 N–H and O–H groups in total. The van der Waals surface area contributed by atoms with E-state index in [1.165, 1.54) is 0 Å². The van der Waals surface area contributed by atoms with Crippen LogP contribution in [0.1, 0.15) is 32.0 Å². The van der Waals surface area contributed by atoms with E-state index in [2.05, 4.69) is 31.3 Å². The Morgan fingerprint density at radius 1 is 1.30 bits per heavy atom. The van der Waals surface area contributed by atoms with Crippen LogP contribution in [0, 0.1) is 5.92 Å². The molecule has 2 unspecified atom stereocenters. The molecule has 1 amide bonds. The van der Waals surface area contributed by atoms with Crippen molar-refractivity contribution in [3.05, 3.63) is 35.9 Å².